The Hall–Kier alpha value is -4.41. The molecule has 1 saturated heterocycles. The van der Waals surface area contributed by atoms with Gasteiger partial charge in [0.2, 0.25) is 0 Å². The molecule has 0 spiro atoms. The summed E-state index contributed by atoms with van der Waals surface area (Å²) >= 11 is 5.77. The van der Waals surface area contributed by atoms with Crippen LogP contribution in [0.15, 0.2) is 66.7 Å². The number of rotatable bonds is 9. The van der Waals surface area contributed by atoms with Crippen molar-refractivity contribution in [3.63, 3.8) is 0 Å². The van der Waals surface area contributed by atoms with Gasteiger partial charge < -0.3 is 19.1 Å². The van der Waals surface area contributed by atoms with E-state index < -0.39 is 23.4 Å². The number of benzene rings is 3. The number of carboxylic acids is 1. The Morgan fingerprint density at radius 2 is 1.76 bits per heavy atom. The van der Waals surface area contributed by atoms with Crippen molar-refractivity contribution in [1.82, 2.24) is 14.5 Å². The Morgan fingerprint density at radius 1 is 0.976 bits per heavy atom. The molecule has 0 amide bonds. The van der Waals surface area contributed by atoms with Gasteiger partial charge in [-0.3, -0.25) is 0 Å². The van der Waals surface area contributed by atoms with Gasteiger partial charge in [-0.25, -0.2) is 27.9 Å². The fourth-order valence-electron chi connectivity index (χ4n) is 4.77. The zero-order valence-electron chi connectivity index (χ0n) is 22.0. The number of ether oxygens (including phenoxy) is 2. The molecule has 1 N–H and O–H groups in total. The number of nitrogens with zero attached hydrogens (tertiary/aromatic N) is 3. The number of pyridine rings is 1. The number of carbonyl (C=O) groups is 1. The Labute approximate surface area is 243 Å². The van der Waals surface area contributed by atoms with E-state index in [1.54, 1.807) is 24.3 Å². The molecule has 3 heterocycles. The van der Waals surface area contributed by atoms with Gasteiger partial charge in [0.1, 0.15) is 24.1 Å². The summed E-state index contributed by atoms with van der Waals surface area (Å²) in [6.07, 6.45) is 0.985. The summed E-state index contributed by atoms with van der Waals surface area (Å²) in [7, 11) is 0. The summed E-state index contributed by atoms with van der Waals surface area (Å²) < 4.78 is 56.8. The van der Waals surface area contributed by atoms with Crippen LogP contribution in [0.4, 0.5) is 13.2 Å². The van der Waals surface area contributed by atoms with Crippen molar-refractivity contribution in [3.05, 3.63) is 112 Å². The summed E-state index contributed by atoms with van der Waals surface area (Å²) in [6, 6.07) is 15.9. The van der Waals surface area contributed by atoms with Gasteiger partial charge in [0.15, 0.2) is 5.82 Å². The molecule has 1 aliphatic rings. The van der Waals surface area contributed by atoms with E-state index in [2.05, 4.69) is 9.97 Å². The minimum atomic E-state index is -1.05. The number of fused-ring (bicyclic) bond motifs is 1. The van der Waals surface area contributed by atoms with E-state index in [-0.39, 0.29) is 46.9 Å². The maximum Gasteiger partial charge on any atom is 0.335 e. The van der Waals surface area contributed by atoms with Gasteiger partial charge in [-0.1, -0.05) is 29.8 Å². The lowest BCUT2D eigenvalue weighted by molar-refractivity contribution is -0.0589. The highest BCUT2D eigenvalue weighted by molar-refractivity contribution is 6.30. The molecular weight excluding hydrogens is 571 g/mol. The molecule has 3 aromatic carbocycles. The lowest BCUT2D eigenvalue weighted by Crippen LogP contribution is -2.31. The van der Waals surface area contributed by atoms with Crippen molar-refractivity contribution in [3.8, 4) is 17.1 Å². The normalized spacial score (nSPS) is 14.6. The van der Waals surface area contributed by atoms with Crippen LogP contribution in [0, 0.1) is 17.5 Å². The highest BCUT2D eigenvalue weighted by atomic mass is 35.5. The van der Waals surface area contributed by atoms with Crippen molar-refractivity contribution in [1.29, 1.82) is 0 Å². The molecule has 214 valence electrons. The van der Waals surface area contributed by atoms with E-state index in [0.717, 1.165) is 18.6 Å². The number of carboxylic acid groups (broad SMARTS) is 1. The third kappa shape index (κ3) is 5.68. The number of aromatic carboxylic acids is 1. The van der Waals surface area contributed by atoms with Gasteiger partial charge in [0, 0.05) is 29.2 Å². The van der Waals surface area contributed by atoms with Crippen LogP contribution >= 0.6 is 11.6 Å². The Bertz CT molecular complexity index is 1820. The van der Waals surface area contributed by atoms with E-state index in [0.29, 0.717) is 41.1 Å². The second-order valence-corrected chi connectivity index (χ2v) is 10.4. The first-order chi connectivity index (χ1) is 20.2. The summed E-state index contributed by atoms with van der Waals surface area (Å²) in [5, 5.41) is 9.68. The Balaban J connectivity index is 1.25. The molecule has 1 atom stereocenters. The van der Waals surface area contributed by atoms with Gasteiger partial charge in [-0.15, -0.1) is 0 Å². The van der Waals surface area contributed by atoms with Crippen LogP contribution in [0.3, 0.4) is 0 Å². The summed E-state index contributed by atoms with van der Waals surface area (Å²) in [6.45, 7) is 0.854. The molecule has 0 saturated carbocycles. The molecule has 1 fully saturated rings. The van der Waals surface area contributed by atoms with Crippen LogP contribution in [-0.2, 0) is 24.3 Å². The summed E-state index contributed by atoms with van der Waals surface area (Å²) in [5.74, 6) is -2.68. The van der Waals surface area contributed by atoms with E-state index in [1.165, 1.54) is 30.3 Å². The van der Waals surface area contributed by atoms with E-state index in [9.17, 15) is 18.7 Å². The van der Waals surface area contributed by atoms with Crippen LogP contribution in [0.5, 0.6) is 5.88 Å². The predicted molar refractivity (Wildman–Crippen MR) is 149 cm³/mol. The molecule has 42 heavy (non-hydrogen) atoms. The van der Waals surface area contributed by atoms with Crippen molar-refractivity contribution >= 4 is 28.6 Å². The minimum absolute atomic E-state index is 0.0287. The second kappa shape index (κ2) is 11.5. The fraction of sp³-hybridized carbons (Fsp3) is 0.194. The third-order valence-corrected chi connectivity index (χ3v) is 7.38. The van der Waals surface area contributed by atoms with E-state index in [4.69, 9.17) is 21.1 Å². The largest absolute Gasteiger partial charge is 0.478 e. The highest BCUT2D eigenvalue weighted by Gasteiger charge is 2.23. The number of hydrogen-bond acceptors (Lipinski definition) is 5. The standard InChI is InChI=1S/C31H23ClF3N3O4/c32-21-5-3-20(25(35)14-21)16-42-30-23(33)6-8-26(37-30)18-2-1-17(24(34)11-18)13-29-36-27-7-4-19(31(39)40)12-28(27)38(29)15-22-9-10-41-22/h1-8,11-12,14,22H,9-10,13,15-16H2,(H,39,40)/t22-/m0/s1. The summed E-state index contributed by atoms with van der Waals surface area (Å²) in [4.78, 5) is 20.4. The lowest BCUT2D eigenvalue weighted by atomic mass is 10.0. The number of aromatic nitrogens is 3. The smallest absolute Gasteiger partial charge is 0.335 e. The lowest BCUT2D eigenvalue weighted by Gasteiger charge is -2.27. The quantitative estimate of drug-likeness (QED) is 0.202. The fourth-order valence-corrected chi connectivity index (χ4v) is 4.93. The van der Waals surface area contributed by atoms with Crippen LogP contribution in [-0.4, -0.2) is 38.3 Å². The molecule has 0 aliphatic carbocycles. The average Bonchev–Trinajstić information content (AvgIpc) is 3.28. The maximum atomic E-state index is 15.4. The van der Waals surface area contributed by atoms with Crippen molar-refractivity contribution < 1.29 is 32.5 Å². The predicted octanol–water partition coefficient (Wildman–Crippen LogP) is 6.83. The first-order valence-electron chi connectivity index (χ1n) is 13.1. The molecule has 11 heteroatoms. The van der Waals surface area contributed by atoms with E-state index in [1.807, 2.05) is 4.57 Å². The molecule has 2 aromatic heterocycles. The van der Waals surface area contributed by atoms with Crippen LogP contribution in [0.25, 0.3) is 22.3 Å². The number of imidazole rings is 1. The van der Waals surface area contributed by atoms with Crippen molar-refractivity contribution in [2.24, 2.45) is 0 Å². The van der Waals surface area contributed by atoms with Crippen LogP contribution < -0.4 is 4.74 Å². The average molecular weight is 594 g/mol. The number of halogens is 4. The zero-order valence-corrected chi connectivity index (χ0v) is 22.7. The van der Waals surface area contributed by atoms with Crippen molar-refractivity contribution in [2.75, 3.05) is 6.61 Å². The van der Waals surface area contributed by atoms with Crippen LogP contribution in [0.2, 0.25) is 5.02 Å². The highest BCUT2D eigenvalue weighted by Crippen LogP contribution is 2.28. The molecule has 6 rings (SSSR count). The molecule has 0 bridgehead atoms. The van der Waals surface area contributed by atoms with Crippen LogP contribution in [0.1, 0.15) is 33.7 Å². The third-order valence-electron chi connectivity index (χ3n) is 7.14. The molecule has 5 aromatic rings. The Morgan fingerprint density at radius 3 is 2.48 bits per heavy atom. The SMILES string of the molecule is O=C(O)c1ccc2nc(Cc3ccc(-c4ccc(F)c(OCc5ccc(Cl)cc5F)n4)cc3F)n(C[C@@H]3CCO3)c2c1. The number of hydrogen-bond donors (Lipinski definition) is 1. The first-order valence-corrected chi connectivity index (χ1v) is 13.5. The second-order valence-electron chi connectivity index (χ2n) is 9.92. The van der Waals surface area contributed by atoms with Gasteiger partial charge in [-0.05, 0) is 60.5 Å². The monoisotopic (exact) mass is 593 g/mol. The van der Waals surface area contributed by atoms with Gasteiger partial charge in [-0.2, -0.15) is 0 Å². The molecule has 7 nitrogen and oxygen atoms in total. The maximum absolute atomic E-state index is 15.4. The molecule has 0 radical (unpaired) electrons. The molecular formula is C31H23ClF3N3O4. The Kier molecular flexibility index (Phi) is 7.57. The molecule has 1 aliphatic heterocycles. The van der Waals surface area contributed by atoms with E-state index >= 15 is 4.39 Å². The van der Waals surface area contributed by atoms with Gasteiger partial charge >= 0.3 is 5.97 Å². The first kappa shape index (κ1) is 27.7. The summed E-state index contributed by atoms with van der Waals surface area (Å²) in [5.41, 5.74) is 2.57. The minimum Gasteiger partial charge on any atom is -0.478 e. The van der Waals surface area contributed by atoms with Crippen molar-refractivity contribution in [2.45, 2.75) is 32.1 Å². The topological polar surface area (TPSA) is 86.5 Å². The zero-order chi connectivity index (χ0) is 29.4. The van der Waals surface area contributed by atoms with Gasteiger partial charge in [0.05, 0.1) is 34.9 Å². The molecule has 0 unspecified atom stereocenters. The van der Waals surface area contributed by atoms with Gasteiger partial charge in [0.25, 0.3) is 5.88 Å².